The Bertz CT molecular complexity index is 818. The molecule has 1 heterocycles. The standard InChI is InChI=1S/C24H29NO7/c1-16(26)28-15-20-22(29-13-18-9-5-3-6-10-18)23(21(25)24(32-20)31-17(2)27)30-14-19-11-7-4-8-12-19/h3-12,20-24H,13-15,25H2,1-2H3/t20?,21?,22-,23?,24?/m1/s1. The molecule has 2 aromatic carbocycles. The molecule has 0 amide bonds. The third kappa shape index (κ3) is 6.86. The van der Waals surface area contributed by atoms with E-state index in [4.69, 9.17) is 29.4 Å². The van der Waals surface area contributed by atoms with Crippen LogP contribution in [-0.2, 0) is 46.5 Å². The predicted octanol–water partition coefficient (Wildman–Crippen LogP) is 2.34. The van der Waals surface area contributed by atoms with Crippen molar-refractivity contribution in [3.63, 3.8) is 0 Å². The van der Waals surface area contributed by atoms with Gasteiger partial charge in [0.1, 0.15) is 24.9 Å². The summed E-state index contributed by atoms with van der Waals surface area (Å²) in [6, 6.07) is 18.4. The lowest BCUT2D eigenvalue weighted by Gasteiger charge is -2.44. The number of benzene rings is 2. The van der Waals surface area contributed by atoms with Gasteiger partial charge in [0.05, 0.1) is 19.3 Å². The van der Waals surface area contributed by atoms with Gasteiger partial charge in [0.25, 0.3) is 0 Å². The van der Waals surface area contributed by atoms with Crippen molar-refractivity contribution in [3.05, 3.63) is 71.8 Å². The van der Waals surface area contributed by atoms with Gasteiger partial charge in [-0.3, -0.25) is 9.59 Å². The molecule has 32 heavy (non-hydrogen) atoms. The van der Waals surface area contributed by atoms with Gasteiger partial charge in [-0.25, -0.2) is 0 Å². The molecular weight excluding hydrogens is 414 g/mol. The second-order valence-electron chi connectivity index (χ2n) is 7.55. The van der Waals surface area contributed by atoms with Crippen LogP contribution in [0.2, 0.25) is 0 Å². The molecule has 1 fully saturated rings. The molecule has 8 heteroatoms. The zero-order valence-electron chi connectivity index (χ0n) is 18.2. The molecule has 3 rings (SSSR count). The van der Waals surface area contributed by atoms with Crippen molar-refractivity contribution >= 4 is 11.9 Å². The van der Waals surface area contributed by atoms with Crippen molar-refractivity contribution in [2.24, 2.45) is 5.73 Å². The molecule has 172 valence electrons. The molecular formula is C24H29NO7. The van der Waals surface area contributed by atoms with Gasteiger partial charge >= 0.3 is 11.9 Å². The van der Waals surface area contributed by atoms with Gasteiger partial charge in [-0.15, -0.1) is 0 Å². The van der Waals surface area contributed by atoms with E-state index in [2.05, 4.69) is 0 Å². The Labute approximate surface area is 187 Å². The highest BCUT2D eigenvalue weighted by Gasteiger charge is 2.47. The summed E-state index contributed by atoms with van der Waals surface area (Å²) >= 11 is 0. The van der Waals surface area contributed by atoms with Crippen molar-refractivity contribution in [2.45, 2.75) is 57.7 Å². The summed E-state index contributed by atoms with van der Waals surface area (Å²) in [4.78, 5) is 23.0. The zero-order valence-corrected chi connectivity index (χ0v) is 18.2. The zero-order chi connectivity index (χ0) is 22.9. The number of carbonyl (C=O) groups excluding carboxylic acids is 2. The van der Waals surface area contributed by atoms with Crippen LogP contribution >= 0.6 is 0 Å². The van der Waals surface area contributed by atoms with Crippen molar-refractivity contribution in [1.29, 1.82) is 0 Å². The number of nitrogens with two attached hydrogens (primary N) is 1. The minimum absolute atomic E-state index is 0.0928. The second kappa shape index (κ2) is 11.7. The van der Waals surface area contributed by atoms with E-state index in [0.717, 1.165) is 11.1 Å². The molecule has 0 saturated carbocycles. The minimum Gasteiger partial charge on any atom is -0.463 e. The van der Waals surface area contributed by atoms with E-state index >= 15 is 0 Å². The molecule has 8 nitrogen and oxygen atoms in total. The Balaban J connectivity index is 1.82. The summed E-state index contributed by atoms with van der Waals surface area (Å²) in [5.74, 6) is -1.00. The molecule has 4 unspecified atom stereocenters. The van der Waals surface area contributed by atoms with Gasteiger partial charge in [-0.05, 0) is 11.1 Å². The molecule has 1 aliphatic rings. The Morgan fingerprint density at radius 1 is 0.844 bits per heavy atom. The lowest BCUT2D eigenvalue weighted by atomic mass is 9.96. The first-order valence-electron chi connectivity index (χ1n) is 10.5. The molecule has 0 aliphatic carbocycles. The smallest absolute Gasteiger partial charge is 0.304 e. The maximum atomic E-state index is 11.6. The lowest BCUT2D eigenvalue weighted by molar-refractivity contribution is -0.277. The summed E-state index contributed by atoms with van der Waals surface area (Å²) in [7, 11) is 0. The average molecular weight is 443 g/mol. The fraction of sp³-hybridized carbons (Fsp3) is 0.417. The van der Waals surface area contributed by atoms with Crippen LogP contribution in [0.5, 0.6) is 0 Å². The summed E-state index contributed by atoms with van der Waals surface area (Å²) in [6.07, 6.45) is -3.16. The number of ether oxygens (including phenoxy) is 5. The SMILES string of the molecule is CC(=O)OCC1OC(OC(C)=O)C(N)C(OCc2ccccc2)[C@@H]1OCc1ccccc1. The largest absolute Gasteiger partial charge is 0.463 e. The first kappa shape index (κ1) is 23.9. The third-order valence-corrected chi connectivity index (χ3v) is 5.00. The molecule has 2 N–H and O–H groups in total. The van der Waals surface area contributed by atoms with Crippen molar-refractivity contribution < 1.29 is 33.3 Å². The van der Waals surface area contributed by atoms with E-state index < -0.39 is 42.6 Å². The summed E-state index contributed by atoms with van der Waals surface area (Å²) in [5, 5.41) is 0. The highest BCUT2D eigenvalue weighted by Crippen LogP contribution is 2.28. The van der Waals surface area contributed by atoms with E-state index in [0.29, 0.717) is 0 Å². The summed E-state index contributed by atoms with van der Waals surface area (Å²) in [6.45, 7) is 3.04. The number of esters is 2. The van der Waals surface area contributed by atoms with Gasteiger partial charge in [0.15, 0.2) is 0 Å². The Hall–Kier alpha value is -2.78. The quantitative estimate of drug-likeness (QED) is 0.589. The molecule has 1 aliphatic heterocycles. The topological polar surface area (TPSA) is 106 Å². The Morgan fingerprint density at radius 2 is 1.38 bits per heavy atom. The predicted molar refractivity (Wildman–Crippen MR) is 115 cm³/mol. The fourth-order valence-electron chi connectivity index (χ4n) is 3.47. The van der Waals surface area contributed by atoms with Gasteiger partial charge in [0.2, 0.25) is 6.29 Å². The molecule has 0 radical (unpaired) electrons. The molecule has 0 spiro atoms. The lowest BCUT2D eigenvalue weighted by Crippen LogP contribution is -2.64. The van der Waals surface area contributed by atoms with Gasteiger partial charge < -0.3 is 29.4 Å². The van der Waals surface area contributed by atoms with Crippen molar-refractivity contribution in [1.82, 2.24) is 0 Å². The highest BCUT2D eigenvalue weighted by atomic mass is 16.7. The maximum Gasteiger partial charge on any atom is 0.304 e. The monoisotopic (exact) mass is 443 g/mol. The van der Waals surface area contributed by atoms with Gasteiger partial charge in [-0.2, -0.15) is 0 Å². The third-order valence-electron chi connectivity index (χ3n) is 5.00. The highest BCUT2D eigenvalue weighted by molar-refractivity contribution is 5.66. The number of hydrogen-bond acceptors (Lipinski definition) is 8. The van der Waals surface area contributed by atoms with E-state index in [-0.39, 0.29) is 19.8 Å². The van der Waals surface area contributed by atoms with E-state index in [1.807, 2.05) is 60.7 Å². The second-order valence-corrected chi connectivity index (χ2v) is 7.55. The fourth-order valence-corrected chi connectivity index (χ4v) is 3.47. The van der Waals surface area contributed by atoms with Gasteiger partial charge in [-0.1, -0.05) is 60.7 Å². The normalized spacial score (nSPS) is 25.2. The van der Waals surface area contributed by atoms with Crippen molar-refractivity contribution in [2.75, 3.05) is 6.61 Å². The Morgan fingerprint density at radius 3 is 1.88 bits per heavy atom. The van der Waals surface area contributed by atoms with Crippen LogP contribution in [0.4, 0.5) is 0 Å². The van der Waals surface area contributed by atoms with Crippen molar-refractivity contribution in [3.8, 4) is 0 Å². The number of rotatable bonds is 9. The van der Waals surface area contributed by atoms with Crippen LogP contribution in [-0.4, -0.2) is 49.2 Å². The van der Waals surface area contributed by atoms with E-state index in [9.17, 15) is 9.59 Å². The van der Waals surface area contributed by atoms with Crippen LogP contribution < -0.4 is 5.73 Å². The molecule has 0 aromatic heterocycles. The maximum absolute atomic E-state index is 11.6. The molecule has 5 atom stereocenters. The molecule has 1 saturated heterocycles. The van der Waals surface area contributed by atoms with Crippen LogP contribution in [0.25, 0.3) is 0 Å². The molecule has 0 bridgehead atoms. The van der Waals surface area contributed by atoms with Gasteiger partial charge in [0, 0.05) is 13.8 Å². The van der Waals surface area contributed by atoms with E-state index in [1.54, 1.807) is 0 Å². The minimum atomic E-state index is -1.06. The average Bonchev–Trinajstić information content (AvgIpc) is 2.78. The first-order chi connectivity index (χ1) is 15.4. The first-order valence-corrected chi connectivity index (χ1v) is 10.5. The molecule has 2 aromatic rings. The number of carbonyl (C=O) groups is 2. The Kier molecular flexibility index (Phi) is 8.75. The van der Waals surface area contributed by atoms with Crippen LogP contribution in [0, 0.1) is 0 Å². The van der Waals surface area contributed by atoms with Crippen LogP contribution in [0.15, 0.2) is 60.7 Å². The summed E-state index contributed by atoms with van der Waals surface area (Å²) in [5.41, 5.74) is 8.31. The van der Waals surface area contributed by atoms with E-state index in [1.165, 1.54) is 13.8 Å². The summed E-state index contributed by atoms with van der Waals surface area (Å²) < 4.78 is 28.7. The van der Waals surface area contributed by atoms with Crippen LogP contribution in [0.3, 0.4) is 0 Å². The number of hydrogen-bond donors (Lipinski definition) is 1. The van der Waals surface area contributed by atoms with Crippen LogP contribution in [0.1, 0.15) is 25.0 Å².